The van der Waals surface area contributed by atoms with E-state index in [1.165, 1.54) is 0 Å². The summed E-state index contributed by atoms with van der Waals surface area (Å²) in [5, 5.41) is 0. The average molecular weight is 150 g/mol. The van der Waals surface area contributed by atoms with Gasteiger partial charge in [0.25, 0.3) is 0 Å². The van der Waals surface area contributed by atoms with Crippen LogP contribution in [-0.4, -0.2) is 29.8 Å². The highest BCUT2D eigenvalue weighted by atomic mass is 33.2. The molecule has 8 heavy (non-hydrogen) atoms. The second kappa shape index (κ2) is 1.95. The molecule has 0 atom stereocenters. The van der Waals surface area contributed by atoms with Crippen LogP contribution < -0.4 is 0 Å². The molecule has 0 aromatic rings. The Morgan fingerprint density at radius 2 is 2.25 bits per heavy atom. The largest absolute Gasteiger partial charge is 0.298 e. The van der Waals surface area contributed by atoms with Crippen molar-refractivity contribution < 1.29 is 4.79 Å². The molecule has 1 saturated heterocycles. The topological polar surface area (TPSA) is 17.1 Å². The Kier molecular flexibility index (Phi) is 1.59. The summed E-state index contributed by atoms with van der Waals surface area (Å²) in [5.74, 6) is 2.05. The summed E-state index contributed by atoms with van der Waals surface area (Å²) in [5.41, 5.74) is 0. The zero-order valence-corrected chi connectivity index (χ0v) is 6.77. The van der Waals surface area contributed by atoms with E-state index in [0.29, 0.717) is 5.78 Å². The average Bonchev–Trinajstić information content (AvgIpc) is 1.82. The fourth-order valence-electron chi connectivity index (χ4n) is 0.696. The monoisotopic (exact) mass is 150 g/mol. The molecule has 48 valence electrons. The van der Waals surface area contributed by atoms with Gasteiger partial charge in [0.1, 0.15) is 0 Å². The molecule has 1 rings (SSSR count). The zero-order chi connectivity index (χ0) is 6.20. The third kappa shape index (κ3) is 1.42. The van der Waals surface area contributed by atoms with Gasteiger partial charge in [0.05, 0.1) is 5.75 Å². The van der Waals surface area contributed by atoms with E-state index >= 15 is 0 Å². The molecule has 1 fully saturated rings. The van der Waals surface area contributed by atoms with Gasteiger partial charge in [-0.05, 0) is 12.5 Å². The summed E-state index contributed by atoms with van der Waals surface area (Å²) < 4.78 is 0. The predicted molar refractivity (Wildman–Crippen MR) is 41.8 cm³/mol. The van der Waals surface area contributed by atoms with Crippen LogP contribution in [0.3, 0.4) is 0 Å². The molecular formula is C5H10OS2. The Bertz CT molecular complexity index is 120. The van der Waals surface area contributed by atoms with Crippen LogP contribution in [0.15, 0.2) is 0 Å². The van der Waals surface area contributed by atoms with Gasteiger partial charge in [-0.25, -0.2) is 0 Å². The van der Waals surface area contributed by atoms with Crippen LogP contribution >= 0.6 is 19.9 Å². The lowest BCUT2D eigenvalue weighted by atomic mass is 10.5. The molecule has 1 nitrogen and oxygen atoms in total. The zero-order valence-electron chi connectivity index (χ0n) is 5.14. The maximum absolute atomic E-state index is 10.7. The Balaban J connectivity index is 2.56. The normalized spacial score (nSPS) is 30.5. The summed E-state index contributed by atoms with van der Waals surface area (Å²) in [6.45, 7) is 0. The minimum atomic E-state index is -0.528. The van der Waals surface area contributed by atoms with E-state index in [9.17, 15) is 4.79 Å². The lowest BCUT2D eigenvalue weighted by Gasteiger charge is -2.19. The van der Waals surface area contributed by atoms with Crippen molar-refractivity contribution in [2.24, 2.45) is 0 Å². The van der Waals surface area contributed by atoms with Crippen molar-refractivity contribution in [3.8, 4) is 0 Å². The molecule has 1 aliphatic rings. The second-order valence-corrected chi connectivity index (χ2v) is 9.48. The summed E-state index contributed by atoms with van der Waals surface area (Å²) in [4.78, 5) is 10.7. The highest BCUT2D eigenvalue weighted by molar-refractivity contribution is 8.94. The van der Waals surface area contributed by atoms with Gasteiger partial charge >= 0.3 is 0 Å². The standard InChI is InChI=1S/C5H10OS2/c1-8(2)4-5(6)3-7-8/h3-4H2,1-2H3. The smallest absolute Gasteiger partial charge is 0.152 e. The number of ketones is 1. The predicted octanol–water partition coefficient (Wildman–Crippen LogP) is 1.28. The number of Topliss-reactive ketones (excluding diaryl/α,β-unsaturated/α-hetero) is 1. The first-order chi connectivity index (χ1) is 3.60. The minimum Gasteiger partial charge on any atom is -0.298 e. The molecule has 0 aromatic carbocycles. The maximum Gasteiger partial charge on any atom is 0.152 e. The number of carbonyl (C=O) groups excluding carboxylic acids is 1. The molecule has 0 aromatic heterocycles. The van der Waals surface area contributed by atoms with Crippen molar-refractivity contribution in [2.45, 2.75) is 0 Å². The van der Waals surface area contributed by atoms with E-state index in [1.807, 2.05) is 10.8 Å². The van der Waals surface area contributed by atoms with Crippen molar-refractivity contribution in [3.05, 3.63) is 0 Å². The van der Waals surface area contributed by atoms with Crippen molar-refractivity contribution in [1.29, 1.82) is 0 Å². The van der Waals surface area contributed by atoms with E-state index in [1.54, 1.807) is 0 Å². The molecular weight excluding hydrogens is 140 g/mol. The van der Waals surface area contributed by atoms with Crippen molar-refractivity contribution in [2.75, 3.05) is 24.0 Å². The Morgan fingerprint density at radius 3 is 2.38 bits per heavy atom. The van der Waals surface area contributed by atoms with Crippen molar-refractivity contribution >= 4 is 25.6 Å². The third-order valence-corrected chi connectivity index (χ3v) is 5.76. The molecule has 0 radical (unpaired) electrons. The van der Waals surface area contributed by atoms with Crippen LogP contribution in [0.25, 0.3) is 0 Å². The number of rotatable bonds is 0. The molecule has 0 amide bonds. The van der Waals surface area contributed by atoms with E-state index in [-0.39, 0.29) is 0 Å². The molecule has 0 spiro atoms. The van der Waals surface area contributed by atoms with Gasteiger partial charge < -0.3 is 0 Å². The summed E-state index contributed by atoms with van der Waals surface area (Å²) >= 11 is 0. The second-order valence-electron chi connectivity index (χ2n) is 2.38. The van der Waals surface area contributed by atoms with Gasteiger partial charge in [-0.3, -0.25) is 4.79 Å². The number of hydrogen-bond acceptors (Lipinski definition) is 2. The van der Waals surface area contributed by atoms with Gasteiger partial charge in [0.2, 0.25) is 0 Å². The summed E-state index contributed by atoms with van der Waals surface area (Å²) in [6, 6.07) is 0. The molecule has 0 N–H and O–H groups in total. The van der Waals surface area contributed by atoms with Gasteiger partial charge in [-0.1, -0.05) is 0 Å². The van der Waals surface area contributed by atoms with Gasteiger partial charge in [0, 0.05) is 5.75 Å². The highest BCUT2D eigenvalue weighted by Crippen LogP contribution is 2.57. The van der Waals surface area contributed by atoms with E-state index in [4.69, 9.17) is 0 Å². The van der Waals surface area contributed by atoms with Crippen LogP contribution in [0, 0.1) is 0 Å². The van der Waals surface area contributed by atoms with E-state index < -0.39 is 9.06 Å². The first kappa shape index (κ1) is 6.49. The molecule has 3 heteroatoms. The third-order valence-electron chi connectivity index (χ3n) is 1.05. The fourth-order valence-corrected chi connectivity index (χ4v) is 4.33. The van der Waals surface area contributed by atoms with Crippen LogP contribution in [0.4, 0.5) is 0 Å². The molecule has 0 bridgehead atoms. The Morgan fingerprint density at radius 1 is 1.62 bits per heavy atom. The summed E-state index contributed by atoms with van der Waals surface area (Å²) in [6.07, 6.45) is 4.39. The van der Waals surface area contributed by atoms with E-state index in [0.717, 1.165) is 11.5 Å². The van der Waals surface area contributed by atoms with E-state index in [2.05, 4.69) is 12.5 Å². The fraction of sp³-hybridized carbons (Fsp3) is 0.800. The van der Waals surface area contributed by atoms with Crippen LogP contribution in [0.1, 0.15) is 0 Å². The number of hydrogen-bond donors (Lipinski definition) is 0. The maximum atomic E-state index is 10.7. The lowest BCUT2D eigenvalue weighted by Crippen LogP contribution is -1.99. The summed E-state index contributed by atoms with van der Waals surface area (Å²) in [7, 11) is 1.31. The SMILES string of the molecule is CS1(C)CC(=O)CS1. The minimum absolute atomic E-state index is 0.440. The van der Waals surface area contributed by atoms with Crippen molar-refractivity contribution in [3.63, 3.8) is 0 Å². The van der Waals surface area contributed by atoms with Crippen LogP contribution in [0.2, 0.25) is 0 Å². The van der Waals surface area contributed by atoms with Crippen LogP contribution in [0.5, 0.6) is 0 Å². The van der Waals surface area contributed by atoms with Gasteiger partial charge in [-0.2, -0.15) is 9.06 Å². The van der Waals surface area contributed by atoms with Gasteiger partial charge in [-0.15, -0.1) is 10.8 Å². The van der Waals surface area contributed by atoms with Crippen LogP contribution in [-0.2, 0) is 4.79 Å². The first-order valence-corrected chi connectivity index (χ1v) is 6.59. The van der Waals surface area contributed by atoms with Crippen molar-refractivity contribution in [1.82, 2.24) is 0 Å². The molecule has 0 saturated carbocycles. The Hall–Kier alpha value is 0.370. The number of carbonyl (C=O) groups is 1. The Labute approximate surface area is 54.9 Å². The highest BCUT2D eigenvalue weighted by Gasteiger charge is 2.24. The lowest BCUT2D eigenvalue weighted by molar-refractivity contribution is -0.114. The molecule has 1 aliphatic heterocycles. The first-order valence-electron chi connectivity index (χ1n) is 2.47. The molecule has 1 heterocycles. The molecule has 0 unspecified atom stereocenters. The quantitative estimate of drug-likeness (QED) is 0.484. The van der Waals surface area contributed by atoms with Gasteiger partial charge in [0.15, 0.2) is 5.78 Å². The molecule has 0 aliphatic carbocycles.